The molecule has 4 N–H and O–H groups in total. The van der Waals surface area contributed by atoms with Gasteiger partial charge in [-0.3, -0.25) is 15.5 Å². The number of nitrogens with one attached hydrogen (secondary N) is 3. The molecule has 6 nitrogen and oxygen atoms in total. The quantitative estimate of drug-likeness (QED) is 0.604. The molecule has 1 saturated carbocycles. The maximum Gasteiger partial charge on any atom is 0.251 e. The molecule has 1 aliphatic heterocycles. The van der Waals surface area contributed by atoms with Crippen LogP contribution in [0.4, 0.5) is 5.69 Å². The number of benzene rings is 1. The Morgan fingerprint density at radius 3 is 2.37 bits per heavy atom. The molecule has 0 bridgehead atoms. The van der Waals surface area contributed by atoms with E-state index in [1.54, 1.807) is 12.1 Å². The molecule has 0 spiro atoms. The van der Waals surface area contributed by atoms with Gasteiger partial charge in [-0.15, -0.1) is 0 Å². The van der Waals surface area contributed by atoms with Crippen LogP contribution in [-0.4, -0.2) is 42.5 Å². The van der Waals surface area contributed by atoms with Gasteiger partial charge in [0.05, 0.1) is 17.9 Å². The van der Waals surface area contributed by atoms with Crippen molar-refractivity contribution in [2.24, 2.45) is 0 Å². The van der Waals surface area contributed by atoms with Crippen molar-refractivity contribution in [3.63, 3.8) is 0 Å². The number of amides is 1. The van der Waals surface area contributed by atoms with Crippen LogP contribution in [-0.2, 0) is 11.2 Å². The molecule has 1 aliphatic carbocycles. The van der Waals surface area contributed by atoms with E-state index in [0.29, 0.717) is 29.5 Å². The summed E-state index contributed by atoms with van der Waals surface area (Å²) in [5, 5.41) is 15.4. The van der Waals surface area contributed by atoms with Crippen molar-refractivity contribution in [2.45, 2.75) is 77.5 Å². The molecule has 1 aromatic rings. The zero-order valence-corrected chi connectivity index (χ0v) is 16.9. The van der Waals surface area contributed by atoms with Crippen molar-refractivity contribution in [3.05, 3.63) is 29.3 Å². The first kappa shape index (κ1) is 21.7. The Kier molecular flexibility index (Phi) is 9.04. The highest BCUT2D eigenvalue weighted by molar-refractivity contribution is 5.95. The molecular formula is C21H35N3O3. The highest BCUT2D eigenvalue weighted by Crippen LogP contribution is 2.20. The van der Waals surface area contributed by atoms with Gasteiger partial charge in [0.15, 0.2) is 0 Å². The smallest absolute Gasteiger partial charge is 0.251 e. The normalized spacial score (nSPS) is 23.1. The minimum Gasteiger partial charge on any atom is -0.373 e. The Morgan fingerprint density at radius 2 is 1.85 bits per heavy atom. The summed E-state index contributed by atoms with van der Waals surface area (Å²) in [6, 6.07) is 5.66. The second kappa shape index (κ2) is 11.3. The van der Waals surface area contributed by atoms with E-state index in [1.165, 1.54) is 19.3 Å². The maximum absolute atomic E-state index is 12.2. The highest BCUT2D eigenvalue weighted by Gasteiger charge is 2.17. The second-order valence-corrected chi connectivity index (χ2v) is 7.56. The number of morpholine rings is 1. The number of carbonyl (C=O) groups excluding carboxylic acids is 1. The Morgan fingerprint density at radius 1 is 1.19 bits per heavy atom. The predicted molar refractivity (Wildman–Crippen MR) is 108 cm³/mol. The van der Waals surface area contributed by atoms with Gasteiger partial charge < -0.3 is 15.4 Å². The number of rotatable bonds is 4. The molecule has 1 heterocycles. The zero-order chi connectivity index (χ0) is 19.6. The molecule has 2 fully saturated rings. The average Bonchev–Trinajstić information content (AvgIpc) is 2.68. The predicted octanol–water partition coefficient (Wildman–Crippen LogP) is 3.50. The van der Waals surface area contributed by atoms with Crippen LogP contribution < -0.4 is 16.1 Å². The van der Waals surface area contributed by atoms with Crippen LogP contribution in [0.15, 0.2) is 18.2 Å². The molecule has 27 heavy (non-hydrogen) atoms. The lowest BCUT2D eigenvalue weighted by Crippen LogP contribution is -2.41. The lowest BCUT2D eigenvalue weighted by atomic mass is 9.95. The van der Waals surface area contributed by atoms with Crippen LogP contribution in [0.1, 0.15) is 68.8 Å². The van der Waals surface area contributed by atoms with Crippen molar-refractivity contribution in [1.82, 2.24) is 10.6 Å². The molecule has 1 aromatic carbocycles. The lowest BCUT2D eigenvalue weighted by molar-refractivity contribution is -0.0166. The molecule has 6 heteroatoms. The van der Waals surface area contributed by atoms with E-state index in [9.17, 15) is 4.79 Å². The van der Waals surface area contributed by atoms with Gasteiger partial charge in [0.2, 0.25) is 0 Å². The van der Waals surface area contributed by atoms with Crippen LogP contribution in [0, 0.1) is 0 Å². The maximum atomic E-state index is 12.2. The first-order valence-corrected chi connectivity index (χ1v) is 10.2. The molecule has 3 rings (SSSR count). The average molecular weight is 378 g/mol. The van der Waals surface area contributed by atoms with E-state index in [1.807, 2.05) is 13.0 Å². The SMILES string of the molecule is CC1CNC[C@@H](C)O1.CCc1cc(C(=O)NC2CCCCC2)ccc1NO. The van der Waals surface area contributed by atoms with Gasteiger partial charge in [0.25, 0.3) is 5.91 Å². The molecule has 1 amide bonds. The van der Waals surface area contributed by atoms with Gasteiger partial charge in [-0.1, -0.05) is 26.2 Å². The van der Waals surface area contributed by atoms with Crippen molar-refractivity contribution >= 4 is 11.6 Å². The number of ether oxygens (including phenoxy) is 1. The molecule has 2 aliphatic rings. The molecular weight excluding hydrogens is 342 g/mol. The number of hydrogen-bond acceptors (Lipinski definition) is 5. The topological polar surface area (TPSA) is 82.6 Å². The Balaban J connectivity index is 0.000000273. The Hall–Kier alpha value is -1.63. The summed E-state index contributed by atoms with van der Waals surface area (Å²) in [6.07, 6.45) is 7.44. The van der Waals surface area contributed by atoms with E-state index < -0.39 is 0 Å². The summed E-state index contributed by atoms with van der Waals surface area (Å²) in [5.74, 6) is -0.00825. The largest absolute Gasteiger partial charge is 0.373 e. The van der Waals surface area contributed by atoms with Gasteiger partial charge in [-0.25, -0.2) is 0 Å². The van der Waals surface area contributed by atoms with Gasteiger partial charge in [0, 0.05) is 24.7 Å². The van der Waals surface area contributed by atoms with E-state index in [-0.39, 0.29) is 5.91 Å². The van der Waals surface area contributed by atoms with Crippen LogP contribution in [0.25, 0.3) is 0 Å². The molecule has 152 valence electrons. The summed E-state index contributed by atoms with van der Waals surface area (Å²) >= 11 is 0. The molecule has 1 unspecified atom stereocenters. The fourth-order valence-electron chi connectivity index (χ4n) is 3.63. The Bertz CT molecular complexity index is 580. The summed E-state index contributed by atoms with van der Waals surface area (Å²) in [6.45, 7) is 8.18. The van der Waals surface area contributed by atoms with E-state index in [4.69, 9.17) is 9.94 Å². The second-order valence-electron chi connectivity index (χ2n) is 7.56. The summed E-state index contributed by atoms with van der Waals surface area (Å²) < 4.78 is 5.42. The monoisotopic (exact) mass is 377 g/mol. The van der Waals surface area contributed by atoms with Gasteiger partial charge in [-0.05, 0) is 56.9 Å². The first-order valence-electron chi connectivity index (χ1n) is 10.2. The van der Waals surface area contributed by atoms with Crippen LogP contribution in [0.3, 0.4) is 0 Å². The third-order valence-corrected chi connectivity index (χ3v) is 5.14. The van der Waals surface area contributed by atoms with Crippen LogP contribution in [0.2, 0.25) is 0 Å². The molecule has 0 radical (unpaired) electrons. The summed E-state index contributed by atoms with van der Waals surface area (Å²) in [4.78, 5) is 12.2. The number of hydrogen-bond donors (Lipinski definition) is 4. The molecule has 2 atom stereocenters. The fraction of sp³-hybridized carbons (Fsp3) is 0.667. The molecule has 1 saturated heterocycles. The Labute approximate surface area is 163 Å². The standard InChI is InChI=1S/C15H22N2O2.C6H13NO/c1-2-11-10-12(8-9-14(11)17-19)15(18)16-13-6-4-3-5-7-13;1-5-3-7-4-6(2)8-5/h8-10,13,17,19H,2-7H2,1H3,(H,16,18);5-7H,3-4H2,1-2H3/t;5-,6?/m.1/s1. The van der Waals surface area contributed by atoms with Crippen molar-refractivity contribution < 1.29 is 14.7 Å². The number of carbonyl (C=O) groups is 1. The fourth-order valence-corrected chi connectivity index (χ4v) is 3.63. The van der Waals surface area contributed by atoms with E-state index in [0.717, 1.165) is 37.9 Å². The zero-order valence-electron chi connectivity index (χ0n) is 16.9. The van der Waals surface area contributed by atoms with E-state index in [2.05, 4.69) is 30.0 Å². The van der Waals surface area contributed by atoms with Gasteiger partial charge in [0.1, 0.15) is 0 Å². The first-order chi connectivity index (χ1) is 13.0. The highest BCUT2D eigenvalue weighted by atomic mass is 16.5. The lowest BCUT2D eigenvalue weighted by Gasteiger charge is -2.25. The van der Waals surface area contributed by atoms with Crippen LogP contribution in [0.5, 0.6) is 0 Å². The summed E-state index contributed by atoms with van der Waals surface area (Å²) in [5.41, 5.74) is 4.44. The van der Waals surface area contributed by atoms with Gasteiger partial charge in [-0.2, -0.15) is 0 Å². The summed E-state index contributed by atoms with van der Waals surface area (Å²) in [7, 11) is 0. The van der Waals surface area contributed by atoms with Gasteiger partial charge >= 0.3 is 0 Å². The van der Waals surface area contributed by atoms with Crippen LogP contribution >= 0.6 is 0 Å². The number of anilines is 1. The van der Waals surface area contributed by atoms with Crippen molar-refractivity contribution in [2.75, 3.05) is 18.6 Å². The van der Waals surface area contributed by atoms with Crippen molar-refractivity contribution in [1.29, 1.82) is 0 Å². The van der Waals surface area contributed by atoms with E-state index >= 15 is 0 Å². The third-order valence-electron chi connectivity index (χ3n) is 5.14. The minimum absolute atomic E-state index is 0.00825. The van der Waals surface area contributed by atoms with Crippen molar-refractivity contribution in [3.8, 4) is 0 Å². The third kappa shape index (κ3) is 7.13. The molecule has 0 aromatic heterocycles. The minimum atomic E-state index is -0.00825. The number of aryl methyl sites for hydroxylation is 1.